The van der Waals surface area contributed by atoms with E-state index >= 15 is 0 Å². The van der Waals surface area contributed by atoms with E-state index in [1.807, 2.05) is 0 Å². The van der Waals surface area contributed by atoms with Gasteiger partial charge in [-0.25, -0.2) is 0 Å². The van der Waals surface area contributed by atoms with Gasteiger partial charge in [0.1, 0.15) is 5.54 Å². The highest BCUT2D eigenvalue weighted by molar-refractivity contribution is 5.85. The fourth-order valence-electron chi connectivity index (χ4n) is 3.27. The maximum atomic E-state index is 11.7. The first-order valence-electron chi connectivity index (χ1n) is 6.23. The molecule has 15 heavy (non-hydrogen) atoms. The van der Waals surface area contributed by atoms with E-state index < -0.39 is 5.54 Å². The molecule has 2 saturated carbocycles. The lowest BCUT2D eigenvalue weighted by Crippen LogP contribution is -2.59. The summed E-state index contributed by atoms with van der Waals surface area (Å²) in [6.07, 6.45) is 8.19. The number of nitrogens with two attached hydrogens (primary N) is 1. The Morgan fingerprint density at radius 3 is 2.40 bits per heavy atom. The van der Waals surface area contributed by atoms with Gasteiger partial charge in [0.05, 0.1) is 0 Å². The summed E-state index contributed by atoms with van der Waals surface area (Å²) in [5.74, 6) is 0.259. The van der Waals surface area contributed by atoms with E-state index in [9.17, 15) is 4.79 Å². The monoisotopic (exact) mass is 210 g/mol. The van der Waals surface area contributed by atoms with E-state index in [1.54, 1.807) is 0 Å². The molecule has 0 radical (unpaired) electrons. The van der Waals surface area contributed by atoms with E-state index in [2.05, 4.69) is 12.2 Å². The van der Waals surface area contributed by atoms with Gasteiger partial charge in [0.25, 0.3) is 0 Å². The van der Waals surface area contributed by atoms with Crippen LogP contribution in [0.15, 0.2) is 0 Å². The van der Waals surface area contributed by atoms with Gasteiger partial charge < -0.3 is 11.1 Å². The summed E-state index contributed by atoms with van der Waals surface area (Å²) in [5, 5.41) is 3.57. The molecule has 2 unspecified atom stereocenters. The third-order valence-electron chi connectivity index (χ3n) is 4.31. The van der Waals surface area contributed by atoms with Crippen molar-refractivity contribution in [3.05, 3.63) is 0 Å². The topological polar surface area (TPSA) is 55.1 Å². The minimum Gasteiger partial charge on any atom is -0.368 e. The number of rotatable bonds is 3. The second kappa shape index (κ2) is 4.12. The molecule has 2 rings (SSSR count). The standard InChI is InChI=1S/C12H22N2O/c1-9-5-4-8-12(9,11(13)15)14-10-6-2-3-7-10/h9-10,14H,2-8H2,1H3,(H2,13,15). The van der Waals surface area contributed by atoms with Crippen LogP contribution in [0.4, 0.5) is 0 Å². The predicted octanol–water partition coefficient (Wildman–Crippen LogP) is 1.56. The van der Waals surface area contributed by atoms with Gasteiger partial charge in [0.15, 0.2) is 0 Å². The second-order valence-electron chi connectivity index (χ2n) is 5.25. The molecule has 0 heterocycles. The van der Waals surface area contributed by atoms with E-state index in [0.717, 1.165) is 19.3 Å². The Morgan fingerprint density at radius 2 is 1.93 bits per heavy atom. The summed E-state index contributed by atoms with van der Waals surface area (Å²) >= 11 is 0. The SMILES string of the molecule is CC1CCCC1(NC1CCCC1)C(N)=O. The highest BCUT2D eigenvalue weighted by Gasteiger charge is 2.46. The molecule has 2 atom stereocenters. The zero-order valence-corrected chi connectivity index (χ0v) is 9.59. The van der Waals surface area contributed by atoms with Crippen molar-refractivity contribution in [1.29, 1.82) is 0 Å². The number of hydrogen-bond acceptors (Lipinski definition) is 2. The van der Waals surface area contributed by atoms with Crippen LogP contribution in [0.25, 0.3) is 0 Å². The maximum absolute atomic E-state index is 11.7. The Labute approximate surface area is 91.8 Å². The maximum Gasteiger partial charge on any atom is 0.238 e. The van der Waals surface area contributed by atoms with Crippen LogP contribution in [0.5, 0.6) is 0 Å². The van der Waals surface area contributed by atoms with Crippen molar-refractivity contribution >= 4 is 5.91 Å². The zero-order valence-electron chi connectivity index (χ0n) is 9.59. The molecule has 3 N–H and O–H groups in total. The van der Waals surface area contributed by atoms with Gasteiger partial charge in [-0.3, -0.25) is 4.79 Å². The summed E-state index contributed by atoms with van der Waals surface area (Å²) in [6, 6.07) is 0.526. The summed E-state index contributed by atoms with van der Waals surface area (Å²) in [5.41, 5.74) is 5.21. The second-order valence-corrected chi connectivity index (χ2v) is 5.25. The van der Waals surface area contributed by atoms with Crippen molar-refractivity contribution in [2.45, 2.75) is 63.5 Å². The highest BCUT2D eigenvalue weighted by Crippen LogP contribution is 2.37. The minimum absolute atomic E-state index is 0.139. The van der Waals surface area contributed by atoms with Crippen LogP contribution in [0.2, 0.25) is 0 Å². The Morgan fingerprint density at radius 1 is 1.27 bits per heavy atom. The van der Waals surface area contributed by atoms with Crippen molar-refractivity contribution in [3.63, 3.8) is 0 Å². The van der Waals surface area contributed by atoms with Crippen LogP contribution in [0.3, 0.4) is 0 Å². The minimum atomic E-state index is -0.394. The lowest BCUT2D eigenvalue weighted by atomic mass is 9.86. The smallest absolute Gasteiger partial charge is 0.238 e. The molecular weight excluding hydrogens is 188 g/mol. The average molecular weight is 210 g/mol. The molecule has 2 fully saturated rings. The number of nitrogens with one attached hydrogen (secondary N) is 1. The van der Waals surface area contributed by atoms with E-state index in [-0.39, 0.29) is 5.91 Å². The Bertz CT molecular complexity index is 248. The van der Waals surface area contributed by atoms with Gasteiger partial charge in [0, 0.05) is 6.04 Å². The Hall–Kier alpha value is -0.570. The van der Waals surface area contributed by atoms with Crippen molar-refractivity contribution in [1.82, 2.24) is 5.32 Å². The summed E-state index contributed by atoms with van der Waals surface area (Å²) in [4.78, 5) is 11.7. The third kappa shape index (κ3) is 1.89. The van der Waals surface area contributed by atoms with Gasteiger partial charge in [-0.05, 0) is 31.6 Å². The number of carbonyl (C=O) groups excluding carboxylic acids is 1. The molecule has 2 aliphatic rings. The van der Waals surface area contributed by atoms with Gasteiger partial charge in [-0.15, -0.1) is 0 Å². The first-order chi connectivity index (χ1) is 7.15. The van der Waals surface area contributed by atoms with Crippen LogP contribution in [0.1, 0.15) is 51.9 Å². The van der Waals surface area contributed by atoms with Crippen LogP contribution < -0.4 is 11.1 Å². The Balaban J connectivity index is 2.08. The summed E-state index contributed by atoms with van der Waals surface area (Å²) < 4.78 is 0. The van der Waals surface area contributed by atoms with Gasteiger partial charge in [-0.1, -0.05) is 26.2 Å². The molecule has 0 bridgehead atoms. The van der Waals surface area contributed by atoms with Crippen LogP contribution in [-0.2, 0) is 4.79 Å². The molecule has 1 amide bonds. The molecular formula is C12H22N2O. The van der Waals surface area contributed by atoms with Gasteiger partial charge >= 0.3 is 0 Å². The number of carbonyl (C=O) groups is 1. The van der Waals surface area contributed by atoms with Gasteiger partial charge in [-0.2, -0.15) is 0 Å². The van der Waals surface area contributed by atoms with Crippen molar-refractivity contribution in [2.75, 3.05) is 0 Å². The zero-order chi connectivity index (χ0) is 10.9. The lowest BCUT2D eigenvalue weighted by Gasteiger charge is -2.34. The van der Waals surface area contributed by atoms with Gasteiger partial charge in [0.2, 0.25) is 5.91 Å². The lowest BCUT2D eigenvalue weighted by molar-refractivity contribution is -0.126. The number of amides is 1. The fourth-order valence-corrected chi connectivity index (χ4v) is 3.27. The normalized spacial score (nSPS) is 37.3. The molecule has 0 aliphatic heterocycles. The number of hydrogen-bond donors (Lipinski definition) is 2. The molecule has 0 spiro atoms. The highest BCUT2D eigenvalue weighted by atomic mass is 16.1. The summed E-state index contributed by atoms with van der Waals surface area (Å²) in [7, 11) is 0. The van der Waals surface area contributed by atoms with E-state index in [4.69, 9.17) is 5.73 Å². The number of primary amides is 1. The quantitative estimate of drug-likeness (QED) is 0.742. The van der Waals surface area contributed by atoms with Crippen molar-refractivity contribution < 1.29 is 4.79 Å². The van der Waals surface area contributed by atoms with Crippen molar-refractivity contribution in [3.8, 4) is 0 Å². The average Bonchev–Trinajstić information content (AvgIpc) is 2.78. The molecule has 0 saturated heterocycles. The molecule has 0 aromatic carbocycles. The largest absolute Gasteiger partial charge is 0.368 e. The first kappa shape index (κ1) is 10.9. The Kier molecular flexibility index (Phi) is 3.01. The van der Waals surface area contributed by atoms with E-state index in [0.29, 0.717) is 12.0 Å². The van der Waals surface area contributed by atoms with Crippen LogP contribution in [-0.4, -0.2) is 17.5 Å². The molecule has 3 nitrogen and oxygen atoms in total. The molecule has 86 valence electrons. The van der Waals surface area contributed by atoms with Crippen LogP contribution >= 0.6 is 0 Å². The molecule has 2 aliphatic carbocycles. The molecule has 3 heteroatoms. The predicted molar refractivity (Wildman–Crippen MR) is 60.3 cm³/mol. The molecule has 0 aromatic heterocycles. The first-order valence-corrected chi connectivity index (χ1v) is 6.23. The molecule has 0 aromatic rings. The fraction of sp³-hybridized carbons (Fsp3) is 0.917. The summed E-state index contributed by atoms with van der Waals surface area (Å²) in [6.45, 7) is 2.15. The third-order valence-corrected chi connectivity index (χ3v) is 4.31. The van der Waals surface area contributed by atoms with Crippen LogP contribution in [0, 0.1) is 5.92 Å². The van der Waals surface area contributed by atoms with Crippen molar-refractivity contribution in [2.24, 2.45) is 11.7 Å². The van der Waals surface area contributed by atoms with E-state index in [1.165, 1.54) is 25.7 Å².